The number of methoxy groups -OCH3 is 1. The quantitative estimate of drug-likeness (QED) is 0.827. The molecule has 1 aromatic heterocycles. The average Bonchev–Trinajstić information content (AvgIpc) is 2.97. The van der Waals surface area contributed by atoms with Crippen molar-refractivity contribution < 1.29 is 23.5 Å². The number of amides is 1. The van der Waals surface area contributed by atoms with E-state index in [-0.39, 0.29) is 12.5 Å². The molecule has 0 radical (unpaired) electrons. The van der Waals surface area contributed by atoms with Crippen LogP contribution < -0.4 is 10.1 Å². The lowest BCUT2D eigenvalue weighted by Crippen LogP contribution is -2.28. The second kappa shape index (κ2) is 7.31. The largest absolute Gasteiger partial charge is 0.497 e. The van der Waals surface area contributed by atoms with Crippen LogP contribution in [-0.4, -0.2) is 25.6 Å². The van der Waals surface area contributed by atoms with E-state index in [4.69, 9.17) is 13.9 Å². The smallest absolute Gasteiger partial charge is 0.342 e. The SMILES string of the molecule is COc1cccc(CNC(=O)COC(=O)c2ccoc2C)c1. The molecule has 0 saturated carbocycles. The Hall–Kier alpha value is -2.76. The predicted molar refractivity (Wildman–Crippen MR) is 78.6 cm³/mol. The van der Waals surface area contributed by atoms with Crippen molar-refractivity contribution in [2.75, 3.05) is 13.7 Å². The lowest BCUT2D eigenvalue weighted by molar-refractivity contribution is -0.124. The molecule has 1 N–H and O–H groups in total. The van der Waals surface area contributed by atoms with Gasteiger partial charge in [-0.1, -0.05) is 12.1 Å². The van der Waals surface area contributed by atoms with Gasteiger partial charge in [-0.15, -0.1) is 0 Å². The zero-order valence-corrected chi connectivity index (χ0v) is 12.4. The van der Waals surface area contributed by atoms with Crippen LogP contribution in [0.4, 0.5) is 0 Å². The van der Waals surface area contributed by atoms with Crippen molar-refractivity contribution in [2.45, 2.75) is 13.5 Å². The zero-order chi connectivity index (χ0) is 15.9. The first kappa shape index (κ1) is 15.6. The number of furan rings is 1. The molecular weight excluding hydrogens is 286 g/mol. The number of benzene rings is 1. The fraction of sp³-hybridized carbons (Fsp3) is 0.250. The maximum atomic E-state index is 11.7. The number of hydrogen-bond acceptors (Lipinski definition) is 5. The topological polar surface area (TPSA) is 77.8 Å². The van der Waals surface area contributed by atoms with Crippen molar-refractivity contribution in [3.05, 3.63) is 53.5 Å². The molecule has 0 spiro atoms. The van der Waals surface area contributed by atoms with Gasteiger partial charge < -0.3 is 19.2 Å². The number of ether oxygens (including phenoxy) is 2. The third kappa shape index (κ3) is 4.12. The predicted octanol–water partition coefficient (Wildman–Crippen LogP) is 2.07. The minimum Gasteiger partial charge on any atom is -0.497 e. The highest BCUT2D eigenvalue weighted by Gasteiger charge is 2.14. The summed E-state index contributed by atoms with van der Waals surface area (Å²) in [5, 5.41) is 2.67. The molecule has 1 heterocycles. The van der Waals surface area contributed by atoms with Crippen LogP contribution in [-0.2, 0) is 16.1 Å². The summed E-state index contributed by atoms with van der Waals surface area (Å²) in [6, 6.07) is 8.85. The number of carbonyl (C=O) groups excluding carboxylic acids is 2. The maximum absolute atomic E-state index is 11.7. The molecule has 2 aromatic rings. The highest BCUT2D eigenvalue weighted by atomic mass is 16.5. The highest BCUT2D eigenvalue weighted by molar-refractivity contribution is 5.92. The van der Waals surface area contributed by atoms with E-state index >= 15 is 0 Å². The van der Waals surface area contributed by atoms with Gasteiger partial charge in [-0.2, -0.15) is 0 Å². The molecule has 0 unspecified atom stereocenters. The van der Waals surface area contributed by atoms with E-state index in [1.807, 2.05) is 24.3 Å². The molecule has 0 aliphatic heterocycles. The summed E-state index contributed by atoms with van der Waals surface area (Å²) in [7, 11) is 1.58. The third-order valence-electron chi connectivity index (χ3n) is 3.04. The Morgan fingerprint density at radius 3 is 2.77 bits per heavy atom. The van der Waals surface area contributed by atoms with Crippen molar-refractivity contribution in [1.29, 1.82) is 0 Å². The molecule has 6 heteroatoms. The normalized spacial score (nSPS) is 10.1. The van der Waals surface area contributed by atoms with E-state index in [0.717, 1.165) is 5.56 Å². The number of aryl methyl sites for hydroxylation is 1. The van der Waals surface area contributed by atoms with Gasteiger partial charge >= 0.3 is 5.97 Å². The molecule has 0 aliphatic rings. The Balaban J connectivity index is 1.78. The van der Waals surface area contributed by atoms with Gasteiger partial charge in [-0.05, 0) is 30.7 Å². The minimum atomic E-state index is -0.581. The Kier molecular flexibility index (Phi) is 5.19. The fourth-order valence-corrected chi connectivity index (χ4v) is 1.84. The van der Waals surface area contributed by atoms with Crippen LogP contribution in [0.5, 0.6) is 5.75 Å². The van der Waals surface area contributed by atoms with E-state index in [0.29, 0.717) is 23.6 Å². The molecular formula is C16H17NO5. The van der Waals surface area contributed by atoms with Crippen molar-refractivity contribution >= 4 is 11.9 Å². The van der Waals surface area contributed by atoms with E-state index in [2.05, 4.69) is 5.32 Å². The van der Waals surface area contributed by atoms with Crippen molar-refractivity contribution in [3.63, 3.8) is 0 Å². The van der Waals surface area contributed by atoms with Gasteiger partial charge in [0.25, 0.3) is 5.91 Å². The van der Waals surface area contributed by atoms with E-state index in [1.54, 1.807) is 14.0 Å². The van der Waals surface area contributed by atoms with Crippen LogP contribution in [0.3, 0.4) is 0 Å². The number of esters is 1. The van der Waals surface area contributed by atoms with Crippen molar-refractivity contribution in [2.24, 2.45) is 0 Å². The van der Waals surface area contributed by atoms with Crippen LogP contribution in [0.2, 0.25) is 0 Å². The Labute approximate surface area is 128 Å². The number of nitrogens with one attached hydrogen (secondary N) is 1. The Morgan fingerprint density at radius 1 is 1.27 bits per heavy atom. The van der Waals surface area contributed by atoms with Gasteiger partial charge in [-0.25, -0.2) is 4.79 Å². The minimum absolute atomic E-state index is 0.320. The van der Waals surface area contributed by atoms with Gasteiger partial charge in [0.1, 0.15) is 17.1 Å². The molecule has 2 rings (SSSR count). The Morgan fingerprint density at radius 2 is 2.09 bits per heavy atom. The van der Waals surface area contributed by atoms with Gasteiger partial charge in [0.05, 0.1) is 13.4 Å². The summed E-state index contributed by atoms with van der Waals surface area (Å²) in [5.41, 5.74) is 1.21. The van der Waals surface area contributed by atoms with Crippen LogP contribution in [0.15, 0.2) is 41.0 Å². The second-order valence-electron chi connectivity index (χ2n) is 4.59. The summed E-state index contributed by atoms with van der Waals surface area (Å²) >= 11 is 0. The van der Waals surface area contributed by atoms with Gasteiger partial charge in [0.15, 0.2) is 6.61 Å². The third-order valence-corrected chi connectivity index (χ3v) is 3.04. The summed E-state index contributed by atoms with van der Waals surface area (Å²) in [5.74, 6) is 0.218. The summed E-state index contributed by atoms with van der Waals surface area (Å²) in [6.07, 6.45) is 1.40. The molecule has 0 aliphatic carbocycles. The van der Waals surface area contributed by atoms with Gasteiger partial charge in [0.2, 0.25) is 0 Å². The second-order valence-corrected chi connectivity index (χ2v) is 4.59. The standard InChI is InChI=1S/C16H17NO5/c1-11-14(6-7-21-11)16(19)22-10-15(18)17-9-12-4-3-5-13(8-12)20-2/h3-8H,9-10H2,1-2H3,(H,17,18). The Bertz CT molecular complexity index is 662. The molecule has 1 amide bonds. The first-order valence-electron chi connectivity index (χ1n) is 6.71. The van der Waals surface area contributed by atoms with Gasteiger partial charge in [-0.3, -0.25) is 4.79 Å². The molecule has 1 aromatic carbocycles. The summed E-state index contributed by atoms with van der Waals surface area (Å²) in [6.45, 7) is 1.64. The van der Waals surface area contributed by atoms with Crippen molar-refractivity contribution in [3.8, 4) is 5.75 Å². The van der Waals surface area contributed by atoms with Crippen LogP contribution in [0, 0.1) is 6.92 Å². The van der Waals surface area contributed by atoms with Crippen LogP contribution in [0.1, 0.15) is 21.7 Å². The molecule has 0 fully saturated rings. The van der Waals surface area contributed by atoms with Crippen LogP contribution >= 0.6 is 0 Å². The molecule has 22 heavy (non-hydrogen) atoms. The summed E-state index contributed by atoms with van der Waals surface area (Å²) < 4.78 is 15.0. The van der Waals surface area contributed by atoms with Gasteiger partial charge in [0, 0.05) is 6.54 Å². The molecule has 6 nitrogen and oxygen atoms in total. The number of carbonyl (C=O) groups is 2. The number of rotatable bonds is 6. The average molecular weight is 303 g/mol. The van der Waals surface area contributed by atoms with Crippen molar-refractivity contribution in [1.82, 2.24) is 5.32 Å². The maximum Gasteiger partial charge on any atom is 0.342 e. The van der Waals surface area contributed by atoms with Crippen LogP contribution in [0.25, 0.3) is 0 Å². The monoisotopic (exact) mass is 303 g/mol. The first-order chi connectivity index (χ1) is 10.6. The van der Waals surface area contributed by atoms with E-state index < -0.39 is 5.97 Å². The fourth-order valence-electron chi connectivity index (χ4n) is 1.84. The lowest BCUT2D eigenvalue weighted by Gasteiger charge is -2.07. The van der Waals surface area contributed by atoms with E-state index in [1.165, 1.54) is 12.3 Å². The lowest BCUT2D eigenvalue weighted by atomic mass is 10.2. The van der Waals surface area contributed by atoms with E-state index in [9.17, 15) is 9.59 Å². The molecule has 0 atom stereocenters. The highest BCUT2D eigenvalue weighted by Crippen LogP contribution is 2.12. The zero-order valence-electron chi connectivity index (χ0n) is 12.4. The summed E-state index contributed by atoms with van der Waals surface area (Å²) in [4.78, 5) is 23.4. The first-order valence-corrected chi connectivity index (χ1v) is 6.71. The molecule has 116 valence electrons. The molecule has 0 saturated heterocycles. The number of hydrogen-bond donors (Lipinski definition) is 1. The molecule has 0 bridgehead atoms.